The van der Waals surface area contributed by atoms with Gasteiger partial charge < -0.3 is 10.2 Å². The van der Waals surface area contributed by atoms with Gasteiger partial charge in [0.1, 0.15) is 0 Å². The molecule has 1 aromatic rings. The molecule has 0 bridgehead atoms. The first-order valence-corrected chi connectivity index (χ1v) is 7.21. The lowest BCUT2D eigenvalue weighted by Crippen LogP contribution is -2.18. The summed E-state index contributed by atoms with van der Waals surface area (Å²) in [6.07, 6.45) is 5.13. The molecule has 1 heterocycles. The van der Waals surface area contributed by atoms with E-state index in [-0.39, 0.29) is 0 Å². The van der Waals surface area contributed by atoms with Crippen LogP contribution < -0.4 is 5.32 Å². The normalized spacial score (nSPS) is 21.8. The van der Waals surface area contributed by atoms with Crippen molar-refractivity contribution in [3.8, 4) is 0 Å². The molecule has 0 aromatic heterocycles. The summed E-state index contributed by atoms with van der Waals surface area (Å²) in [5, 5.41) is 3.22. The number of hydrogen-bond acceptors (Lipinski definition) is 2. The van der Waals surface area contributed by atoms with Crippen molar-refractivity contribution in [2.24, 2.45) is 0 Å². The summed E-state index contributed by atoms with van der Waals surface area (Å²) in [5.74, 6) is 0.768. The Kier molecular flexibility index (Phi) is 5.21. The molecular weight excluding hydrogens is 220 g/mol. The molecule has 1 saturated heterocycles. The van der Waals surface area contributed by atoms with Crippen LogP contribution in [0.4, 0.5) is 0 Å². The van der Waals surface area contributed by atoms with E-state index in [1.165, 1.54) is 37.9 Å². The van der Waals surface area contributed by atoms with Crippen molar-refractivity contribution in [2.75, 3.05) is 33.7 Å². The third-order valence-corrected chi connectivity index (χ3v) is 4.04. The van der Waals surface area contributed by atoms with Crippen LogP contribution in [0.25, 0.3) is 0 Å². The molecule has 1 unspecified atom stereocenters. The van der Waals surface area contributed by atoms with Crippen LogP contribution in [-0.2, 0) is 6.42 Å². The SMILES string of the molecule is CNCCc1cccc(C2CCCN(C)CC2)c1. The molecule has 2 rings (SSSR count). The second-order valence-corrected chi connectivity index (χ2v) is 5.53. The number of benzene rings is 1. The Morgan fingerprint density at radius 1 is 1.28 bits per heavy atom. The molecular formula is C16H26N2. The average Bonchev–Trinajstić information content (AvgIpc) is 2.61. The van der Waals surface area contributed by atoms with Crippen LogP contribution in [0.3, 0.4) is 0 Å². The van der Waals surface area contributed by atoms with E-state index in [1.807, 2.05) is 7.05 Å². The van der Waals surface area contributed by atoms with Gasteiger partial charge in [-0.15, -0.1) is 0 Å². The predicted octanol–water partition coefficient (Wildman–Crippen LogP) is 2.65. The molecule has 2 heteroatoms. The summed E-state index contributed by atoms with van der Waals surface area (Å²) in [5.41, 5.74) is 3.03. The molecule has 100 valence electrons. The highest BCUT2D eigenvalue weighted by Crippen LogP contribution is 2.28. The van der Waals surface area contributed by atoms with Gasteiger partial charge in [-0.25, -0.2) is 0 Å². The van der Waals surface area contributed by atoms with Crippen molar-refractivity contribution in [1.82, 2.24) is 10.2 Å². The van der Waals surface area contributed by atoms with Crippen LogP contribution in [0.5, 0.6) is 0 Å². The maximum Gasteiger partial charge on any atom is -0.00114 e. The van der Waals surface area contributed by atoms with Gasteiger partial charge in [0.05, 0.1) is 0 Å². The Bertz CT molecular complexity index is 362. The van der Waals surface area contributed by atoms with E-state index in [1.54, 1.807) is 5.56 Å². The first-order valence-electron chi connectivity index (χ1n) is 7.21. The van der Waals surface area contributed by atoms with Gasteiger partial charge in [0, 0.05) is 0 Å². The zero-order valence-electron chi connectivity index (χ0n) is 11.8. The lowest BCUT2D eigenvalue weighted by molar-refractivity contribution is 0.347. The topological polar surface area (TPSA) is 15.3 Å². The standard InChI is InChI=1S/C16H26N2/c1-17-10-8-14-5-3-6-16(13-14)15-7-4-11-18(2)12-9-15/h3,5-6,13,15,17H,4,7-12H2,1-2H3. The van der Waals surface area contributed by atoms with Crippen molar-refractivity contribution in [2.45, 2.75) is 31.6 Å². The smallest absolute Gasteiger partial charge is 0.00114 e. The first kappa shape index (κ1) is 13.6. The summed E-state index contributed by atoms with van der Waals surface area (Å²) in [4.78, 5) is 2.46. The van der Waals surface area contributed by atoms with E-state index < -0.39 is 0 Å². The number of rotatable bonds is 4. The fourth-order valence-electron chi connectivity index (χ4n) is 2.85. The van der Waals surface area contributed by atoms with E-state index >= 15 is 0 Å². The number of likely N-dealkylation sites (N-methyl/N-ethyl adjacent to an activating group) is 1. The zero-order chi connectivity index (χ0) is 12.8. The van der Waals surface area contributed by atoms with E-state index in [0.717, 1.165) is 18.9 Å². The van der Waals surface area contributed by atoms with E-state index in [4.69, 9.17) is 0 Å². The minimum atomic E-state index is 0.768. The molecule has 0 amide bonds. The highest BCUT2D eigenvalue weighted by Gasteiger charge is 2.16. The second-order valence-electron chi connectivity index (χ2n) is 5.53. The molecule has 2 nitrogen and oxygen atoms in total. The number of likely N-dealkylation sites (tertiary alicyclic amines) is 1. The monoisotopic (exact) mass is 246 g/mol. The van der Waals surface area contributed by atoms with Gasteiger partial charge in [-0.2, -0.15) is 0 Å². The van der Waals surface area contributed by atoms with Gasteiger partial charge in [0.2, 0.25) is 0 Å². The molecule has 1 aromatic carbocycles. The zero-order valence-corrected chi connectivity index (χ0v) is 11.8. The fourth-order valence-corrected chi connectivity index (χ4v) is 2.85. The summed E-state index contributed by atoms with van der Waals surface area (Å²) in [7, 11) is 4.26. The Labute approximate surface area is 111 Å². The van der Waals surface area contributed by atoms with E-state index in [9.17, 15) is 0 Å². The average molecular weight is 246 g/mol. The van der Waals surface area contributed by atoms with Crippen molar-refractivity contribution in [1.29, 1.82) is 0 Å². The van der Waals surface area contributed by atoms with Crippen molar-refractivity contribution >= 4 is 0 Å². The van der Waals surface area contributed by atoms with Crippen LogP contribution in [-0.4, -0.2) is 38.6 Å². The summed E-state index contributed by atoms with van der Waals surface area (Å²) >= 11 is 0. The third-order valence-electron chi connectivity index (χ3n) is 4.04. The maximum atomic E-state index is 3.22. The molecule has 1 atom stereocenters. The number of hydrogen-bond donors (Lipinski definition) is 1. The molecule has 18 heavy (non-hydrogen) atoms. The molecule has 0 spiro atoms. The highest BCUT2D eigenvalue weighted by molar-refractivity contribution is 5.27. The van der Waals surface area contributed by atoms with E-state index in [2.05, 4.69) is 41.5 Å². The largest absolute Gasteiger partial charge is 0.319 e. The Morgan fingerprint density at radius 3 is 3.00 bits per heavy atom. The van der Waals surface area contributed by atoms with Crippen LogP contribution in [0.1, 0.15) is 36.3 Å². The van der Waals surface area contributed by atoms with Crippen molar-refractivity contribution in [3.05, 3.63) is 35.4 Å². The van der Waals surface area contributed by atoms with Crippen LogP contribution >= 0.6 is 0 Å². The van der Waals surface area contributed by atoms with Crippen molar-refractivity contribution in [3.63, 3.8) is 0 Å². The summed E-state index contributed by atoms with van der Waals surface area (Å²) in [6.45, 7) is 3.57. The van der Waals surface area contributed by atoms with Crippen LogP contribution in [0, 0.1) is 0 Å². The first-order chi connectivity index (χ1) is 8.79. The minimum absolute atomic E-state index is 0.768. The summed E-state index contributed by atoms with van der Waals surface area (Å²) < 4.78 is 0. The molecule has 0 saturated carbocycles. The van der Waals surface area contributed by atoms with Crippen LogP contribution in [0.2, 0.25) is 0 Å². The van der Waals surface area contributed by atoms with Gasteiger partial charge in [-0.05, 0) is 76.5 Å². The lowest BCUT2D eigenvalue weighted by Gasteiger charge is -2.16. The predicted molar refractivity (Wildman–Crippen MR) is 78.2 cm³/mol. The van der Waals surface area contributed by atoms with Crippen LogP contribution in [0.15, 0.2) is 24.3 Å². The molecule has 0 aliphatic carbocycles. The quantitative estimate of drug-likeness (QED) is 0.878. The fraction of sp³-hybridized carbons (Fsp3) is 0.625. The number of nitrogens with one attached hydrogen (secondary N) is 1. The molecule has 1 fully saturated rings. The van der Waals surface area contributed by atoms with Gasteiger partial charge in [0.15, 0.2) is 0 Å². The van der Waals surface area contributed by atoms with Gasteiger partial charge >= 0.3 is 0 Å². The molecule has 1 aliphatic heterocycles. The molecule has 1 aliphatic rings. The van der Waals surface area contributed by atoms with Gasteiger partial charge in [-0.1, -0.05) is 24.3 Å². The van der Waals surface area contributed by atoms with Crippen molar-refractivity contribution < 1.29 is 0 Å². The second kappa shape index (κ2) is 6.91. The Balaban J connectivity index is 2.02. The molecule has 1 N–H and O–H groups in total. The maximum absolute atomic E-state index is 3.22. The summed E-state index contributed by atoms with van der Waals surface area (Å²) in [6, 6.07) is 9.23. The Hall–Kier alpha value is -0.860. The third kappa shape index (κ3) is 3.82. The highest BCUT2D eigenvalue weighted by atomic mass is 15.1. The van der Waals surface area contributed by atoms with Gasteiger partial charge in [-0.3, -0.25) is 0 Å². The van der Waals surface area contributed by atoms with Gasteiger partial charge in [0.25, 0.3) is 0 Å². The minimum Gasteiger partial charge on any atom is -0.319 e. The number of nitrogens with zero attached hydrogens (tertiary/aromatic N) is 1. The molecule has 0 radical (unpaired) electrons. The Morgan fingerprint density at radius 2 is 2.17 bits per heavy atom. The van der Waals surface area contributed by atoms with E-state index in [0.29, 0.717) is 0 Å². The lowest BCUT2D eigenvalue weighted by atomic mass is 9.90.